The first-order valence-corrected chi connectivity index (χ1v) is 11.6. The lowest BCUT2D eigenvalue weighted by Crippen LogP contribution is -2.60. The predicted octanol–water partition coefficient (Wildman–Crippen LogP) is -0.173. The largest absolute Gasteiger partial charge is 0.460 e. The maximum atomic E-state index is 13.1. The Morgan fingerprint density at radius 3 is 2.40 bits per heavy atom. The number of hydrogen-bond acceptors (Lipinski definition) is 10. The number of aliphatic hydroxyl groups is 4. The summed E-state index contributed by atoms with van der Waals surface area (Å²) in [5, 5.41) is 45.3. The fraction of sp³-hybridized carbons (Fsp3) is 0.609. The zero-order chi connectivity index (χ0) is 26.2. The van der Waals surface area contributed by atoms with Crippen molar-refractivity contribution in [2.75, 3.05) is 11.9 Å². The summed E-state index contributed by atoms with van der Waals surface area (Å²) in [6.07, 6.45) is -7.73. The molecule has 6 N–H and O–H groups in total. The fourth-order valence-electron chi connectivity index (χ4n) is 4.40. The molecule has 2 aliphatic heterocycles. The molecule has 1 amide bonds. The van der Waals surface area contributed by atoms with Crippen LogP contribution in [0.4, 0.5) is 5.69 Å². The Bertz CT molecular complexity index is 986. The van der Waals surface area contributed by atoms with Gasteiger partial charge in [-0.15, -0.1) is 0 Å². The molecule has 1 aromatic carbocycles. The van der Waals surface area contributed by atoms with E-state index in [1.54, 1.807) is 20.8 Å². The van der Waals surface area contributed by atoms with Crippen LogP contribution in [-0.2, 0) is 19.1 Å². The molecule has 2 saturated heterocycles. The highest BCUT2D eigenvalue weighted by Gasteiger charge is 2.52. The van der Waals surface area contributed by atoms with Crippen LogP contribution < -0.4 is 10.6 Å². The van der Waals surface area contributed by atoms with Gasteiger partial charge in [-0.25, -0.2) is 0 Å². The smallest absolute Gasteiger partial charge is 0.312 e. The van der Waals surface area contributed by atoms with Crippen molar-refractivity contribution in [1.82, 2.24) is 5.32 Å². The molecule has 8 unspecified atom stereocenters. The lowest BCUT2D eigenvalue weighted by Gasteiger charge is -2.43. The number of amides is 1. The Labute approximate surface area is 207 Å². The number of halogens is 1. The summed E-state index contributed by atoms with van der Waals surface area (Å²) in [5.74, 6) is -1.80. The van der Waals surface area contributed by atoms with E-state index in [1.807, 2.05) is 0 Å². The van der Waals surface area contributed by atoms with Crippen molar-refractivity contribution in [2.45, 2.75) is 70.5 Å². The lowest BCUT2D eigenvalue weighted by molar-refractivity contribution is -0.221. The van der Waals surface area contributed by atoms with E-state index in [-0.39, 0.29) is 28.0 Å². The number of carbonyl (C=O) groups is 3. The SMILES string of the molecule is CC(NC(=O)c1cc(Cl)ccc1NC1OC(CO)C(O)C(O)C1O)C(=O)C(C)(C)C1OC(=O)C1C. The van der Waals surface area contributed by atoms with Crippen LogP contribution in [0.5, 0.6) is 0 Å². The lowest BCUT2D eigenvalue weighted by atomic mass is 9.72. The number of ketones is 1. The molecule has 1 aromatic rings. The summed E-state index contributed by atoms with van der Waals surface area (Å²) in [7, 11) is 0. The second-order valence-electron chi connectivity index (χ2n) is 9.51. The fourth-order valence-corrected chi connectivity index (χ4v) is 4.57. The summed E-state index contributed by atoms with van der Waals surface area (Å²) in [6, 6.07) is 3.34. The average molecular weight is 515 g/mol. The summed E-state index contributed by atoms with van der Waals surface area (Å²) < 4.78 is 10.6. The van der Waals surface area contributed by atoms with E-state index < -0.39 is 66.6 Å². The second kappa shape index (κ2) is 10.4. The molecule has 3 rings (SSSR count). The molecular weight excluding hydrogens is 484 g/mol. The van der Waals surface area contributed by atoms with Gasteiger partial charge >= 0.3 is 5.97 Å². The molecule has 12 heteroatoms. The molecule has 0 saturated carbocycles. The number of nitrogens with one attached hydrogen (secondary N) is 2. The number of esters is 1. The summed E-state index contributed by atoms with van der Waals surface area (Å²) in [5.41, 5.74) is -0.849. The second-order valence-corrected chi connectivity index (χ2v) is 9.95. The minimum absolute atomic E-state index is 0.0235. The first-order chi connectivity index (χ1) is 16.3. The summed E-state index contributed by atoms with van der Waals surface area (Å²) in [4.78, 5) is 37.7. The number of Topliss-reactive ketones (excluding diaryl/α,β-unsaturated/α-hetero) is 1. The molecular formula is C23H31ClN2O9. The van der Waals surface area contributed by atoms with Gasteiger partial charge in [-0.3, -0.25) is 14.4 Å². The van der Waals surface area contributed by atoms with Gasteiger partial charge in [-0.1, -0.05) is 11.6 Å². The normalized spacial score (nSPS) is 31.7. The van der Waals surface area contributed by atoms with E-state index in [1.165, 1.54) is 25.1 Å². The number of rotatable bonds is 8. The van der Waals surface area contributed by atoms with Crippen molar-refractivity contribution in [3.05, 3.63) is 28.8 Å². The van der Waals surface area contributed by atoms with Gasteiger partial charge in [0.05, 0.1) is 29.5 Å². The average Bonchev–Trinajstić information content (AvgIpc) is 2.82. The van der Waals surface area contributed by atoms with E-state index >= 15 is 0 Å². The van der Waals surface area contributed by atoms with Crippen LogP contribution in [0.25, 0.3) is 0 Å². The van der Waals surface area contributed by atoms with Gasteiger partial charge in [-0.2, -0.15) is 0 Å². The Kier molecular flexibility index (Phi) is 8.09. The third-order valence-electron chi connectivity index (χ3n) is 6.57. The topological polar surface area (TPSA) is 175 Å². The van der Waals surface area contributed by atoms with Gasteiger partial charge in [0, 0.05) is 10.7 Å². The van der Waals surface area contributed by atoms with Crippen molar-refractivity contribution in [3.8, 4) is 0 Å². The molecule has 0 spiro atoms. The minimum atomic E-state index is -1.61. The van der Waals surface area contributed by atoms with Crippen LogP contribution >= 0.6 is 11.6 Å². The predicted molar refractivity (Wildman–Crippen MR) is 124 cm³/mol. The Hall–Kier alpha value is -2.28. The summed E-state index contributed by atoms with van der Waals surface area (Å²) in [6.45, 7) is 5.88. The number of hydrogen-bond donors (Lipinski definition) is 6. The Morgan fingerprint density at radius 1 is 1.17 bits per heavy atom. The van der Waals surface area contributed by atoms with Crippen LogP contribution in [0.3, 0.4) is 0 Å². The van der Waals surface area contributed by atoms with Gasteiger partial charge < -0.3 is 40.5 Å². The van der Waals surface area contributed by atoms with Crippen molar-refractivity contribution in [3.63, 3.8) is 0 Å². The molecule has 11 nitrogen and oxygen atoms in total. The molecule has 2 aliphatic rings. The summed E-state index contributed by atoms with van der Waals surface area (Å²) >= 11 is 6.08. The number of cyclic esters (lactones) is 1. The van der Waals surface area contributed by atoms with Gasteiger partial charge in [0.15, 0.2) is 12.0 Å². The van der Waals surface area contributed by atoms with E-state index in [0.717, 1.165) is 0 Å². The van der Waals surface area contributed by atoms with Crippen molar-refractivity contribution in [1.29, 1.82) is 0 Å². The molecule has 8 atom stereocenters. The zero-order valence-corrected chi connectivity index (χ0v) is 20.5. The maximum absolute atomic E-state index is 13.1. The number of benzene rings is 1. The minimum Gasteiger partial charge on any atom is -0.460 e. The van der Waals surface area contributed by atoms with E-state index in [4.69, 9.17) is 21.1 Å². The van der Waals surface area contributed by atoms with Gasteiger partial charge in [0.2, 0.25) is 0 Å². The molecule has 194 valence electrons. The Balaban J connectivity index is 1.76. The monoisotopic (exact) mass is 514 g/mol. The highest BCUT2D eigenvalue weighted by Crippen LogP contribution is 2.38. The molecule has 2 fully saturated rings. The molecule has 0 bridgehead atoms. The van der Waals surface area contributed by atoms with Gasteiger partial charge in [0.1, 0.15) is 30.5 Å². The van der Waals surface area contributed by atoms with Crippen molar-refractivity contribution in [2.24, 2.45) is 11.3 Å². The van der Waals surface area contributed by atoms with Crippen LogP contribution in [0.2, 0.25) is 5.02 Å². The third kappa shape index (κ3) is 5.30. The number of ether oxygens (including phenoxy) is 2. The van der Waals surface area contributed by atoms with Crippen LogP contribution in [0, 0.1) is 11.3 Å². The van der Waals surface area contributed by atoms with Crippen LogP contribution in [0.1, 0.15) is 38.1 Å². The van der Waals surface area contributed by atoms with Crippen LogP contribution in [0.15, 0.2) is 18.2 Å². The number of anilines is 1. The zero-order valence-electron chi connectivity index (χ0n) is 19.8. The standard InChI is InChI=1S/C23H31ClN2O9/c1-9-19(35-22(9)33)23(3,4)18(31)10(2)25-20(32)12-7-11(24)5-6-13(12)26-21-17(30)16(29)15(28)14(8-27)34-21/h5-7,9-10,14-17,19,21,26-30H,8H2,1-4H3,(H,25,32). The van der Waals surface area contributed by atoms with E-state index in [2.05, 4.69) is 10.6 Å². The highest BCUT2D eigenvalue weighted by atomic mass is 35.5. The van der Waals surface area contributed by atoms with Crippen molar-refractivity contribution >= 4 is 34.9 Å². The van der Waals surface area contributed by atoms with Crippen LogP contribution in [-0.4, -0.2) is 87.5 Å². The quantitative estimate of drug-likeness (QED) is 0.255. The molecule has 35 heavy (non-hydrogen) atoms. The third-order valence-corrected chi connectivity index (χ3v) is 6.81. The number of aliphatic hydroxyl groups excluding tert-OH is 4. The van der Waals surface area contributed by atoms with Gasteiger partial charge in [-0.05, 0) is 45.9 Å². The van der Waals surface area contributed by atoms with E-state index in [0.29, 0.717) is 0 Å². The number of carbonyl (C=O) groups excluding carboxylic acids is 3. The van der Waals surface area contributed by atoms with Crippen molar-refractivity contribution < 1.29 is 44.3 Å². The van der Waals surface area contributed by atoms with Gasteiger partial charge in [0.25, 0.3) is 5.91 Å². The molecule has 2 heterocycles. The Morgan fingerprint density at radius 2 is 1.83 bits per heavy atom. The first-order valence-electron chi connectivity index (χ1n) is 11.2. The maximum Gasteiger partial charge on any atom is 0.312 e. The van der Waals surface area contributed by atoms with E-state index in [9.17, 15) is 34.8 Å². The molecule has 0 aliphatic carbocycles. The molecule has 0 aromatic heterocycles. The first kappa shape index (κ1) is 27.3. The highest BCUT2D eigenvalue weighted by molar-refractivity contribution is 6.31. The molecule has 0 radical (unpaired) electrons.